The Morgan fingerprint density at radius 3 is 2.11 bits per heavy atom. The molecule has 1 aromatic rings. The molecule has 2 unspecified atom stereocenters. The quantitative estimate of drug-likeness (QED) is 0.243. The van der Waals surface area contributed by atoms with Crippen molar-refractivity contribution in [3.8, 4) is 0 Å². The third-order valence-corrected chi connectivity index (χ3v) is 4.17. The van der Waals surface area contributed by atoms with Crippen LogP contribution in [-0.4, -0.2) is 20.0 Å². The molecule has 0 fully saturated rings. The van der Waals surface area contributed by atoms with E-state index in [2.05, 4.69) is 6.58 Å². The standard InChI is InChI=1S/C21H28F2O3.C2H6/c1-7-18-8-10-19(11-9-18)13-26-17(5)25-12-14(2)15(3)20(22)21(23)16(4)24-6;1-2/h7-11,14,17H,1,12-13H2,2-6H3;1-2H3/b20-15-,21-16-;. The van der Waals surface area contributed by atoms with Crippen LogP contribution in [0.25, 0.3) is 6.08 Å². The Labute approximate surface area is 168 Å². The fraction of sp³-hybridized carbons (Fsp3) is 0.478. The smallest absolute Gasteiger partial charge is 0.195 e. The van der Waals surface area contributed by atoms with Crippen LogP contribution in [-0.2, 0) is 20.8 Å². The van der Waals surface area contributed by atoms with Crippen LogP contribution >= 0.6 is 0 Å². The van der Waals surface area contributed by atoms with E-state index in [4.69, 9.17) is 14.2 Å². The van der Waals surface area contributed by atoms with Gasteiger partial charge in [-0.2, -0.15) is 0 Å². The first kappa shape index (κ1) is 26.0. The molecule has 2 atom stereocenters. The highest BCUT2D eigenvalue weighted by atomic mass is 19.2. The molecule has 0 heterocycles. The molecule has 0 aliphatic rings. The van der Waals surface area contributed by atoms with Crippen molar-refractivity contribution < 1.29 is 23.0 Å². The van der Waals surface area contributed by atoms with E-state index in [1.54, 1.807) is 26.8 Å². The SMILES string of the molecule is C=Cc1ccc(COC(C)OCC(C)/C(C)=C(F)/C(F)=C(\C)OC)cc1.CC. The minimum Gasteiger partial charge on any atom is -0.498 e. The number of hydrogen-bond donors (Lipinski definition) is 0. The van der Waals surface area contributed by atoms with Crippen molar-refractivity contribution in [2.24, 2.45) is 5.92 Å². The molecule has 0 aromatic heterocycles. The summed E-state index contributed by atoms with van der Waals surface area (Å²) < 4.78 is 43.9. The van der Waals surface area contributed by atoms with Crippen molar-refractivity contribution in [1.82, 2.24) is 0 Å². The van der Waals surface area contributed by atoms with Gasteiger partial charge in [-0.3, -0.25) is 0 Å². The van der Waals surface area contributed by atoms with E-state index in [1.165, 1.54) is 14.0 Å². The van der Waals surface area contributed by atoms with Gasteiger partial charge >= 0.3 is 0 Å². The van der Waals surface area contributed by atoms with Crippen LogP contribution in [0, 0.1) is 5.92 Å². The van der Waals surface area contributed by atoms with Crippen molar-refractivity contribution in [1.29, 1.82) is 0 Å². The van der Waals surface area contributed by atoms with E-state index < -0.39 is 17.9 Å². The number of ether oxygens (including phenoxy) is 3. The highest BCUT2D eigenvalue weighted by molar-refractivity contribution is 5.47. The maximum absolute atomic E-state index is 14.1. The molecule has 0 bridgehead atoms. The third-order valence-electron chi connectivity index (χ3n) is 4.17. The Morgan fingerprint density at radius 2 is 1.61 bits per heavy atom. The molecule has 0 saturated heterocycles. The van der Waals surface area contributed by atoms with E-state index in [0.29, 0.717) is 6.61 Å². The highest BCUT2D eigenvalue weighted by Gasteiger charge is 2.17. The van der Waals surface area contributed by atoms with Gasteiger partial charge in [-0.25, -0.2) is 8.78 Å². The second-order valence-corrected chi connectivity index (χ2v) is 6.13. The molecule has 158 valence electrons. The van der Waals surface area contributed by atoms with Gasteiger partial charge in [-0.05, 0) is 37.5 Å². The van der Waals surface area contributed by atoms with Crippen molar-refractivity contribution in [3.63, 3.8) is 0 Å². The minimum atomic E-state index is -0.982. The fourth-order valence-electron chi connectivity index (χ4n) is 2.05. The van der Waals surface area contributed by atoms with Gasteiger partial charge in [0.25, 0.3) is 0 Å². The van der Waals surface area contributed by atoms with Crippen molar-refractivity contribution >= 4 is 6.08 Å². The molecule has 1 rings (SSSR count). The van der Waals surface area contributed by atoms with E-state index in [9.17, 15) is 8.78 Å². The molecule has 0 aliphatic carbocycles. The largest absolute Gasteiger partial charge is 0.498 e. The summed E-state index contributed by atoms with van der Waals surface area (Å²) in [5.74, 6) is -2.28. The lowest BCUT2D eigenvalue weighted by molar-refractivity contribution is -0.142. The topological polar surface area (TPSA) is 27.7 Å². The second kappa shape index (κ2) is 14.1. The monoisotopic (exact) mass is 396 g/mol. The molecular weight excluding hydrogens is 362 g/mol. The van der Waals surface area contributed by atoms with Gasteiger partial charge in [0.2, 0.25) is 0 Å². The number of benzene rings is 1. The predicted molar refractivity (Wildman–Crippen MR) is 112 cm³/mol. The van der Waals surface area contributed by atoms with Crippen LogP contribution < -0.4 is 0 Å². The number of rotatable bonds is 10. The third kappa shape index (κ3) is 8.81. The number of methoxy groups -OCH3 is 1. The summed E-state index contributed by atoms with van der Waals surface area (Å²) in [4.78, 5) is 0. The summed E-state index contributed by atoms with van der Waals surface area (Å²) >= 11 is 0. The summed E-state index contributed by atoms with van der Waals surface area (Å²) in [5, 5.41) is 0. The molecule has 0 amide bonds. The van der Waals surface area contributed by atoms with Gasteiger partial charge in [0, 0.05) is 5.92 Å². The molecule has 0 aliphatic heterocycles. The highest BCUT2D eigenvalue weighted by Crippen LogP contribution is 2.26. The van der Waals surface area contributed by atoms with E-state index in [0.717, 1.165) is 11.1 Å². The lowest BCUT2D eigenvalue weighted by Crippen LogP contribution is -2.18. The normalized spacial score (nSPS) is 14.8. The Hall–Kier alpha value is -1.98. The molecule has 1 aromatic carbocycles. The molecular formula is C23H34F2O3. The average molecular weight is 397 g/mol. The Balaban J connectivity index is 0.00000352. The first-order chi connectivity index (χ1) is 13.3. The first-order valence-corrected chi connectivity index (χ1v) is 9.51. The van der Waals surface area contributed by atoms with Crippen LogP contribution in [0.5, 0.6) is 0 Å². The predicted octanol–water partition coefficient (Wildman–Crippen LogP) is 6.96. The van der Waals surface area contributed by atoms with Gasteiger partial charge in [0.15, 0.2) is 17.9 Å². The second-order valence-electron chi connectivity index (χ2n) is 6.13. The number of halogens is 2. The summed E-state index contributed by atoms with van der Waals surface area (Å²) in [6, 6.07) is 7.84. The zero-order valence-corrected chi connectivity index (χ0v) is 18.1. The lowest BCUT2D eigenvalue weighted by atomic mass is 10.0. The van der Waals surface area contributed by atoms with Crippen LogP contribution in [0.2, 0.25) is 0 Å². The summed E-state index contributed by atoms with van der Waals surface area (Å²) in [7, 11) is 1.30. The molecule has 5 heteroatoms. The summed E-state index contributed by atoms with van der Waals surface area (Å²) in [6.45, 7) is 14.8. The summed E-state index contributed by atoms with van der Waals surface area (Å²) in [5.41, 5.74) is 2.33. The van der Waals surface area contributed by atoms with Crippen LogP contribution in [0.3, 0.4) is 0 Å². The Kier molecular flexibility index (Phi) is 13.1. The van der Waals surface area contributed by atoms with Crippen LogP contribution in [0.15, 0.2) is 53.8 Å². The van der Waals surface area contributed by atoms with Crippen LogP contribution in [0.1, 0.15) is 52.7 Å². The number of hydrogen-bond acceptors (Lipinski definition) is 3. The lowest BCUT2D eigenvalue weighted by Gasteiger charge is -2.19. The van der Waals surface area contributed by atoms with E-state index >= 15 is 0 Å². The van der Waals surface area contributed by atoms with Crippen molar-refractivity contribution in [2.75, 3.05) is 13.7 Å². The van der Waals surface area contributed by atoms with Gasteiger partial charge in [0.05, 0.1) is 20.3 Å². The maximum atomic E-state index is 14.1. The Morgan fingerprint density at radius 1 is 1.04 bits per heavy atom. The minimum absolute atomic E-state index is 0.0888. The van der Waals surface area contributed by atoms with Gasteiger partial charge < -0.3 is 14.2 Å². The zero-order valence-electron chi connectivity index (χ0n) is 18.1. The molecule has 0 radical (unpaired) electrons. The molecule has 3 nitrogen and oxygen atoms in total. The van der Waals surface area contributed by atoms with Gasteiger partial charge in [-0.1, -0.05) is 57.7 Å². The van der Waals surface area contributed by atoms with Crippen molar-refractivity contribution in [2.45, 2.75) is 54.4 Å². The molecule has 0 spiro atoms. The number of allylic oxidation sites excluding steroid dienone is 3. The van der Waals surface area contributed by atoms with Crippen LogP contribution in [0.4, 0.5) is 8.78 Å². The fourth-order valence-corrected chi connectivity index (χ4v) is 2.05. The molecule has 28 heavy (non-hydrogen) atoms. The maximum Gasteiger partial charge on any atom is 0.195 e. The first-order valence-electron chi connectivity index (χ1n) is 9.51. The van der Waals surface area contributed by atoms with Gasteiger partial charge in [-0.15, -0.1) is 0 Å². The van der Waals surface area contributed by atoms with E-state index in [1.807, 2.05) is 38.1 Å². The molecule has 0 saturated carbocycles. The van der Waals surface area contributed by atoms with Crippen molar-refractivity contribution in [3.05, 3.63) is 65.0 Å². The zero-order chi connectivity index (χ0) is 21.7. The molecule has 0 N–H and O–H groups in total. The summed E-state index contributed by atoms with van der Waals surface area (Å²) in [6.07, 6.45) is 1.31. The Bertz CT molecular complexity index is 648. The van der Waals surface area contributed by atoms with E-state index in [-0.39, 0.29) is 23.9 Å². The average Bonchev–Trinajstić information content (AvgIpc) is 2.75. The van der Waals surface area contributed by atoms with Gasteiger partial charge in [0.1, 0.15) is 5.76 Å².